The van der Waals surface area contributed by atoms with Crippen LogP contribution in [0.5, 0.6) is 0 Å². The van der Waals surface area contributed by atoms with Crippen LogP contribution < -0.4 is 5.32 Å². The zero-order valence-corrected chi connectivity index (χ0v) is 14.1. The van der Waals surface area contributed by atoms with E-state index in [1.165, 1.54) is 70.9 Å². The molecule has 0 aromatic carbocycles. The Morgan fingerprint density at radius 3 is 2.00 bits per heavy atom. The minimum Gasteiger partial charge on any atom is -0.312 e. The molecule has 1 N–H and O–H groups in total. The first-order chi connectivity index (χ1) is 9.78. The van der Waals surface area contributed by atoms with Crippen molar-refractivity contribution in [2.24, 2.45) is 5.92 Å². The number of rotatable bonds is 7. The van der Waals surface area contributed by atoms with E-state index < -0.39 is 0 Å². The Balaban J connectivity index is 2.22. The van der Waals surface area contributed by atoms with Crippen molar-refractivity contribution in [2.45, 2.75) is 90.1 Å². The van der Waals surface area contributed by atoms with Gasteiger partial charge >= 0.3 is 0 Å². The minimum absolute atomic E-state index is 0.479. The second-order valence-electron chi connectivity index (χ2n) is 6.97. The van der Waals surface area contributed by atoms with Crippen LogP contribution in [0, 0.1) is 5.92 Å². The van der Waals surface area contributed by atoms with Gasteiger partial charge in [0.25, 0.3) is 0 Å². The van der Waals surface area contributed by atoms with Crippen molar-refractivity contribution in [1.29, 1.82) is 0 Å². The third kappa shape index (κ3) is 3.22. The van der Waals surface area contributed by atoms with E-state index in [0.29, 0.717) is 11.6 Å². The first-order valence-corrected chi connectivity index (χ1v) is 9.27. The average molecular weight is 280 g/mol. The quantitative estimate of drug-likeness (QED) is 0.752. The fourth-order valence-electron chi connectivity index (χ4n) is 4.93. The van der Waals surface area contributed by atoms with Gasteiger partial charge in [0.05, 0.1) is 0 Å². The van der Waals surface area contributed by atoms with Crippen LogP contribution in [0.1, 0.15) is 78.6 Å². The van der Waals surface area contributed by atoms with Crippen LogP contribution in [0.25, 0.3) is 0 Å². The Hall–Kier alpha value is -0.0800. The highest BCUT2D eigenvalue weighted by molar-refractivity contribution is 5.06. The van der Waals surface area contributed by atoms with Crippen LogP contribution in [-0.2, 0) is 0 Å². The van der Waals surface area contributed by atoms with Crippen LogP contribution in [0.15, 0.2) is 0 Å². The second kappa shape index (κ2) is 7.79. The Morgan fingerprint density at radius 2 is 1.50 bits per heavy atom. The lowest BCUT2D eigenvalue weighted by atomic mass is 9.76. The number of likely N-dealkylation sites (N-methyl/N-ethyl adjacent to an activating group) is 1. The van der Waals surface area contributed by atoms with Gasteiger partial charge in [-0.1, -0.05) is 52.9 Å². The smallest absolute Gasteiger partial charge is 0.0365 e. The normalized spacial score (nSPS) is 25.2. The molecular weight excluding hydrogens is 244 g/mol. The highest BCUT2D eigenvalue weighted by atomic mass is 15.2. The van der Waals surface area contributed by atoms with E-state index in [9.17, 15) is 0 Å². The van der Waals surface area contributed by atoms with E-state index in [2.05, 4.69) is 31.0 Å². The summed E-state index contributed by atoms with van der Waals surface area (Å²) in [5, 5.41) is 3.92. The fraction of sp³-hybridized carbons (Fsp3) is 1.00. The van der Waals surface area contributed by atoms with Gasteiger partial charge in [0, 0.05) is 11.6 Å². The summed E-state index contributed by atoms with van der Waals surface area (Å²) in [6, 6.07) is 0.711. The van der Waals surface area contributed by atoms with Crippen molar-refractivity contribution in [3.8, 4) is 0 Å². The molecule has 1 unspecified atom stereocenters. The van der Waals surface area contributed by atoms with Crippen molar-refractivity contribution < 1.29 is 0 Å². The topological polar surface area (TPSA) is 15.3 Å². The number of hydrogen-bond donors (Lipinski definition) is 1. The molecule has 2 rings (SSSR count). The molecule has 2 nitrogen and oxygen atoms in total. The van der Waals surface area contributed by atoms with E-state index in [-0.39, 0.29) is 0 Å². The van der Waals surface area contributed by atoms with Crippen LogP contribution in [0.3, 0.4) is 0 Å². The van der Waals surface area contributed by atoms with Crippen molar-refractivity contribution in [3.05, 3.63) is 0 Å². The van der Waals surface area contributed by atoms with Gasteiger partial charge < -0.3 is 5.32 Å². The molecular formula is C18H36N2. The molecule has 1 saturated carbocycles. The van der Waals surface area contributed by atoms with Gasteiger partial charge in [-0.2, -0.15) is 0 Å². The van der Waals surface area contributed by atoms with E-state index in [1.54, 1.807) is 0 Å². The molecule has 2 fully saturated rings. The molecule has 118 valence electrons. The molecule has 2 heteroatoms. The Labute approximate surface area is 126 Å². The van der Waals surface area contributed by atoms with Gasteiger partial charge in [-0.3, -0.25) is 4.90 Å². The molecule has 0 radical (unpaired) electrons. The lowest BCUT2D eigenvalue weighted by molar-refractivity contribution is 0.0158. The summed E-state index contributed by atoms with van der Waals surface area (Å²) in [4.78, 5) is 2.90. The van der Waals surface area contributed by atoms with Crippen LogP contribution in [0.4, 0.5) is 0 Å². The summed E-state index contributed by atoms with van der Waals surface area (Å²) < 4.78 is 0. The van der Waals surface area contributed by atoms with Gasteiger partial charge in [0.1, 0.15) is 0 Å². The maximum Gasteiger partial charge on any atom is 0.0365 e. The number of nitrogens with zero attached hydrogens (tertiary/aromatic N) is 1. The summed E-state index contributed by atoms with van der Waals surface area (Å²) >= 11 is 0. The molecule has 0 aromatic heterocycles. The molecule has 0 aromatic rings. The Morgan fingerprint density at radius 1 is 0.900 bits per heavy atom. The number of likely N-dealkylation sites (tertiary alicyclic amines) is 1. The summed E-state index contributed by atoms with van der Waals surface area (Å²) in [7, 11) is 0. The standard InChI is InChI=1S/C18H36N2/c1-4-16(5-2)17(19-6-3)18(12-8-9-13-18)20-14-10-7-11-15-20/h16-17,19H,4-15H2,1-3H3. The van der Waals surface area contributed by atoms with Gasteiger partial charge in [-0.25, -0.2) is 0 Å². The Kier molecular flexibility index (Phi) is 6.35. The van der Waals surface area contributed by atoms with Gasteiger partial charge in [0.2, 0.25) is 0 Å². The molecule has 1 saturated heterocycles. The molecule has 0 spiro atoms. The van der Waals surface area contributed by atoms with E-state index in [0.717, 1.165) is 12.5 Å². The van der Waals surface area contributed by atoms with Gasteiger partial charge in [-0.05, 0) is 51.2 Å². The third-order valence-electron chi connectivity index (χ3n) is 5.98. The fourth-order valence-corrected chi connectivity index (χ4v) is 4.93. The molecule has 1 aliphatic carbocycles. The van der Waals surface area contributed by atoms with E-state index in [4.69, 9.17) is 0 Å². The molecule has 2 aliphatic rings. The zero-order valence-electron chi connectivity index (χ0n) is 14.1. The maximum atomic E-state index is 3.92. The third-order valence-corrected chi connectivity index (χ3v) is 5.98. The summed E-state index contributed by atoms with van der Waals surface area (Å²) in [6.45, 7) is 10.9. The van der Waals surface area contributed by atoms with E-state index >= 15 is 0 Å². The lowest BCUT2D eigenvalue weighted by Crippen LogP contribution is -2.63. The molecule has 1 atom stereocenters. The van der Waals surface area contributed by atoms with Crippen molar-refractivity contribution in [3.63, 3.8) is 0 Å². The monoisotopic (exact) mass is 280 g/mol. The number of piperidine rings is 1. The number of nitrogens with one attached hydrogen (secondary N) is 1. The Bertz CT molecular complexity index is 261. The highest BCUT2D eigenvalue weighted by Crippen LogP contribution is 2.42. The van der Waals surface area contributed by atoms with Crippen molar-refractivity contribution in [2.75, 3.05) is 19.6 Å². The SMILES string of the molecule is CCNC(C(CC)CC)C1(N2CCCCC2)CCCC1. The molecule has 1 aliphatic heterocycles. The molecule has 0 amide bonds. The molecule has 1 heterocycles. The number of hydrogen-bond acceptors (Lipinski definition) is 2. The summed E-state index contributed by atoms with van der Waals surface area (Å²) in [6.07, 6.45) is 12.7. The van der Waals surface area contributed by atoms with Crippen molar-refractivity contribution in [1.82, 2.24) is 10.2 Å². The first-order valence-electron chi connectivity index (χ1n) is 9.27. The lowest BCUT2D eigenvalue weighted by Gasteiger charge is -2.51. The zero-order chi connectivity index (χ0) is 14.4. The predicted octanol–water partition coefficient (Wildman–Crippen LogP) is 4.20. The second-order valence-corrected chi connectivity index (χ2v) is 6.97. The van der Waals surface area contributed by atoms with Crippen molar-refractivity contribution >= 4 is 0 Å². The van der Waals surface area contributed by atoms with E-state index in [1.807, 2.05) is 0 Å². The summed E-state index contributed by atoms with van der Waals surface area (Å²) in [5.74, 6) is 0.843. The summed E-state index contributed by atoms with van der Waals surface area (Å²) in [5.41, 5.74) is 0.479. The van der Waals surface area contributed by atoms with Gasteiger partial charge in [0.15, 0.2) is 0 Å². The molecule has 0 bridgehead atoms. The van der Waals surface area contributed by atoms with Crippen LogP contribution >= 0.6 is 0 Å². The largest absolute Gasteiger partial charge is 0.312 e. The predicted molar refractivity (Wildman–Crippen MR) is 88.2 cm³/mol. The molecule has 20 heavy (non-hydrogen) atoms. The van der Waals surface area contributed by atoms with Gasteiger partial charge in [-0.15, -0.1) is 0 Å². The highest BCUT2D eigenvalue weighted by Gasteiger charge is 2.47. The van der Waals surface area contributed by atoms with Crippen LogP contribution in [0.2, 0.25) is 0 Å². The van der Waals surface area contributed by atoms with Crippen LogP contribution in [-0.4, -0.2) is 36.1 Å². The minimum atomic E-state index is 0.479. The average Bonchev–Trinajstić information content (AvgIpc) is 2.99. The first kappa shape index (κ1) is 16.3. The maximum absolute atomic E-state index is 3.92.